The summed E-state index contributed by atoms with van der Waals surface area (Å²) in [5.74, 6) is 0.960. The lowest BCUT2D eigenvalue weighted by Crippen LogP contribution is -2.28. The summed E-state index contributed by atoms with van der Waals surface area (Å²) in [5, 5.41) is 3.77. The summed E-state index contributed by atoms with van der Waals surface area (Å²) in [5.41, 5.74) is 0.864. The topological polar surface area (TPSA) is 50.8 Å². The molecule has 0 saturated carbocycles. The molecule has 1 aromatic rings. The van der Waals surface area contributed by atoms with Crippen molar-refractivity contribution in [3.63, 3.8) is 0 Å². The Bertz CT molecular complexity index is 464. The third-order valence-corrected chi connectivity index (χ3v) is 2.94. The van der Waals surface area contributed by atoms with Crippen LogP contribution in [0, 0.1) is 0 Å². The lowest BCUT2D eigenvalue weighted by molar-refractivity contribution is -0.130. The number of hydrogen-bond acceptors (Lipinski definition) is 4. The zero-order valence-electron chi connectivity index (χ0n) is 12.3. The Kier molecular flexibility index (Phi) is 6.61. The zero-order valence-corrected chi connectivity index (χ0v) is 13.1. The molecular weight excluding hydrogens is 280 g/mol. The summed E-state index contributed by atoms with van der Waals surface area (Å²) in [6.45, 7) is 3.39. The average Bonchev–Trinajstić information content (AvgIpc) is 2.42. The first-order valence-electron chi connectivity index (χ1n) is 6.39. The summed E-state index contributed by atoms with van der Waals surface area (Å²) in [7, 11) is 4.91. The molecule has 0 radical (unpaired) electrons. The van der Waals surface area contributed by atoms with E-state index < -0.39 is 0 Å². The van der Waals surface area contributed by atoms with Crippen LogP contribution < -0.4 is 14.8 Å². The minimum atomic E-state index is -0.114. The number of rotatable bonds is 7. The predicted molar refractivity (Wildman–Crippen MR) is 79.6 cm³/mol. The van der Waals surface area contributed by atoms with E-state index in [1.165, 1.54) is 4.90 Å². The fraction of sp³-hybridized carbons (Fsp3) is 0.500. The van der Waals surface area contributed by atoms with Crippen LogP contribution in [-0.4, -0.2) is 45.2 Å². The maximum absolute atomic E-state index is 11.6. The van der Waals surface area contributed by atoms with Crippen molar-refractivity contribution in [2.45, 2.75) is 13.5 Å². The van der Waals surface area contributed by atoms with Crippen molar-refractivity contribution >= 4 is 17.5 Å². The molecule has 6 heteroatoms. The second kappa shape index (κ2) is 7.97. The van der Waals surface area contributed by atoms with Gasteiger partial charge in [-0.25, -0.2) is 0 Å². The van der Waals surface area contributed by atoms with Gasteiger partial charge < -0.3 is 19.7 Å². The van der Waals surface area contributed by atoms with Gasteiger partial charge in [-0.1, -0.05) is 18.5 Å². The number of hydrogen-bond donors (Lipinski definition) is 1. The molecule has 0 aromatic heterocycles. The van der Waals surface area contributed by atoms with Crippen molar-refractivity contribution in [1.82, 2.24) is 10.2 Å². The largest absolute Gasteiger partial charge is 0.493 e. The smallest absolute Gasteiger partial charge is 0.259 e. The molecule has 112 valence electrons. The number of methoxy groups -OCH3 is 1. The number of halogens is 1. The maximum Gasteiger partial charge on any atom is 0.259 e. The SMILES string of the molecule is CCNCc1cc(Cl)cc(OC)c1OCC(=O)N(C)C. The van der Waals surface area contributed by atoms with Gasteiger partial charge in [0, 0.05) is 37.3 Å². The number of carbonyl (C=O) groups is 1. The van der Waals surface area contributed by atoms with Crippen molar-refractivity contribution in [1.29, 1.82) is 0 Å². The summed E-state index contributed by atoms with van der Waals surface area (Å²) < 4.78 is 10.9. The normalized spacial score (nSPS) is 10.2. The first-order valence-corrected chi connectivity index (χ1v) is 6.77. The van der Waals surface area contributed by atoms with E-state index in [1.54, 1.807) is 27.3 Å². The van der Waals surface area contributed by atoms with E-state index in [4.69, 9.17) is 21.1 Å². The van der Waals surface area contributed by atoms with Gasteiger partial charge in [0.15, 0.2) is 18.1 Å². The second-order valence-electron chi connectivity index (χ2n) is 4.45. The van der Waals surface area contributed by atoms with Crippen LogP contribution >= 0.6 is 11.6 Å². The average molecular weight is 301 g/mol. The Labute approximate surface area is 124 Å². The summed E-state index contributed by atoms with van der Waals surface area (Å²) >= 11 is 6.05. The monoisotopic (exact) mass is 300 g/mol. The van der Waals surface area contributed by atoms with E-state index in [0.717, 1.165) is 12.1 Å². The highest BCUT2D eigenvalue weighted by molar-refractivity contribution is 6.30. The molecule has 0 atom stereocenters. The molecule has 0 spiro atoms. The van der Waals surface area contributed by atoms with E-state index in [1.807, 2.05) is 13.0 Å². The Morgan fingerprint density at radius 1 is 1.40 bits per heavy atom. The Morgan fingerprint density at radius 2 is 2.10 bits per heavy atom. The Balaban J connectivity index is 2.97. The van der Waals surface area contributed by atoms with E-state index in [2.05, 4.69) is 5.32 Å². The third kappa shape index (κ3) is 4.58. The first kappa shape index (κ1) is 16.6. The van der Waals surface area contributed by atoms with Crippen LogP contribution in [0.3, 0.4) is 0 Å². The number of nitrogens with zero attached hydrogens (tertiary/aromatic N) is 1. The van der Waals surface area contributed by atoms with Gasteiger partial charge in [-0.3, -0.25) is 4.79 Å². The number of amides is 1. The number of carbonyl (C=O) groups excluding carboxylic acids is 1. The van der Waals surface area contributed by atoms with Gasteiger partial charge in [0.1, 0.15) is 0 Å². The standard InChI is InChI=1S/C14H21ClN2O3/c1-5-16-8-10-6-11(15)7-12(19-4)14(10)20-9-13(18)17(2)3/h6-7,16H,5,8-9H2,1-4H3. The summed E-state index contributed by atoms with van der Waals surface area (Å²) in [6.07, 6.45) is 0. The van der Waals surface area contributed by atoms with E-state index >= 15 is 0 Å². The van der Waals surface area contributed by atoms with E-state index in [-0.39, 0.29) is 12.5 Å². The molecule has 0 aliphatic carbocycles. The molecule has 1 amide bonds. The highest BCUT2D eigenvalue weighted by Gasteiger charge is 2.15. The van der Waals surface area contributed by atoms with Gasteiger partial charge >= 0.3 is 0 Å². The second-order valence-corrected chi connectivity index (χ2v) is 4.89. The molecule has 0 aliphatic heterocycles. The van der Waals surface area contributed by atoms with Gasteiger partial charge in [0.25, 0.3) is 5.91 Å². The molecule has 0 aliphatic rings. The molecule has 1 N–H and O–H groups in total. The van der Waals surface area contributed by atoms with Crippen molar-refractivity contribution in [2.24, 2.45) is 0 Å². The van der Waals surface area contributed by atoms with E-state index in [9.17, 15) is 4.79 Å². The van der Waals surface area contributed by atoms with Crippen LogP contribution in [0.25, 0.3) is 0 Å². The molecule has 0 bridgehead atoms. The molecule has 1 rings (SSSR count). The van der Waals surface area contributed by atoms with Gasteiger partial charge in [0.05, 0.1) is 7.11 Å². The van der Waals surface area contributed by atoms with Gasteiger partial charge in [-0.2, -0.15) is 0 Å². The van der Waals surface area contributed by atoms with Crippen molar-refractivity contribution in [3.8, 4) is 11.5 Å². The fourth-order valence-electron chi connectivity index (χ4n) is 1.59. The van der Waals surface area contributed by atoms with Crippen molar-refractivity contribution < 1.29 is 14.3 Å². The molecule has 0 heterocycles. The minimum Gasteiger partial charge on any atom is -0.493 e. The van der Waals surface area contributed by atoms with E-state index in [0.29, 0.717) is 23.1 Å². The molecule has 0 saturated heterocycles. The zero-order chi connectivity index (χ0) is 15.1. The lowest BCUT2D eigenvalue weighted by atomic mass is 10.2. The molecular formula is C14H21ClN2O3. The number of ether oxygens (including phenoxy) is 2. The maximum atomic E-state index is 11.6. The van der Waals surface area contributed by atoms with Crippen LogP contribution in [0.15, 0.2) is 12.1 Å². The Morgan fingerprint density at radius 3 is 2.65 bits per heavy atom. The molecule has 0 fully saturated rings. The minimum absolute atomic E-state index is 0.0376. The van der Waals surface area contributed by atoms with Gasteiger partial charge in [0.2, 0.25) is 0 Å². The van der Waals surface area contributed by atoms with Crippen LogP contribution in [0.2, 0.25) is 5.02 Å². The van der Waals surface area contributed by atoms with Crippen LogP contribution in [0.4, 0.5) is 0 Å². The number of nitrogens with one attached hydrogen (secondary N) is 1. The number of likely N-dealkylation sites (N-methyl/N-ethyl adjacent to an activating group) is 1. The van der Waals surface area contributed by atoms with Gasteiger partial charge in [-0.05, 0) is 12.6 Å². The van der Waals surface area contributed by atoms with Crippen LogP contribution in [0.5, 0.6) is 11.5 Å². The predicted octanol–water partition coefficient (Wildman–Crippen LogP) is 1.93. The molecule has 0 unspecified atom stereocenters. The van der Waals surface area contributed by atoms with Crippen molar-refractivity contribution in [2.75, 3.05) is 34.4 Å². The molecule has 20 heavy (non-hydrogen) atoms. The highest BCUT2D eigenvalue weighted by Crippen LogP contribution is 2.34. The summed E-state index contributed by atoms with van der Waals surface area (Å²) in [6, 6.07) is 3.48. The molecule has 1 aromatic carbocycles. The fourth-order valence-corrected chi connectivity index (χ4v) is 1.82. The van der Waals surface area contributed by atoms with Crippen LogP contribution in [0.1, 0.15) is 12.5 Å². The van der Waals surface area contributed by atoms with Crippen molar-refractivity contribution in [3.05, 3.63) is 22.7 Å². The Hall–Kier alpha value is -1.46. The highest BCUT2D eigenvalue weighted by atomic mass is 35.5. The summed E-state index contributed by atoms with van der Waals surface area (Å²) in [4.78, 5) is 13.1. The third-order valence-electron chi connectivity index (χ3n) is 2.72. The quantitative estimate of drug-likeness (QED) is 0.836. The first-order chi connectivity index (χ1) is 9.49. The molecule has 5 nitrogen and oxygen atoms in total. The number of benzene rings is 1. The lowest BCUT2D eigenvalue weighted by Gasteiger charge is -2.17. The van der Waals surface area contributed by atoms with Gasteiger partial charge in [-0.15, -0.1) is 0 Å². The van der Waals surface area contributed by atoms with Crippen LogP contribution in [-0.2, 0) is 11.3 Å².